The summed E-state index contributed by atoms with van der Waals surface area (Å²) in [6.07, 6.45) is 5.96. The summed E-state index contributed by atoms with van der Waals surface area (Å²) in [5, 5.41) is 11.4. The molecule has 0 aliphatic carbocycles. The molecule has 7 heteroatoms. The van der Waals surface area contributed by atoms with Gasteiger partial charge in [0.05, 0.1) is 28.5 Å². The number of pyridine rings is 1. The van der Waals surface area contributed by atoms with E-state index in [0.717, 1.165) is 30.5 Å². The highest BCUT2D eigenvalue weighted by molar-refractivity contribution is 6.30. The number of cyclic esters (lactones) is 1. The first-order chi connectivity index (χ1) is 16.3. The fraction of sp³-hybridized carbons (Fsp3) is 0.679. The molecule has 6 nitrogen and oxygen atoms in total. The summed E-state index contributed by atoms with van der Waals surface area (Å²) in [7, 11) is 0. The molecule has 6 atom stereocenters. The van der Waals surface area contributed by atoms with Gasteiger partial charge in [0.25, 0.3) is 0 Å². The van der Waals surface area contributed by atoms with E-state index in [1.165, 1.54) is 0 Å². The highest BCUT2D eigenvalue weighted by Gasteiger charge is 2.52. The zero-order chi connectivity index (χ0) is 26.0. The second kappa shape index (κ2) is 11.1. The number of aliphatic hydroxyl groups is 1. The Kier molecular flexibility index (Phi) is 8.82. The molecule has 3 rings (SSSR count). The second-order valence-electron chi connectivity index (χ2n) is 11.3. The minimum Gasteiger partial charge on any atom is -0.458 e. The lowest BCUT2D eigenvalue weighted by molar-refractivity contribution is -0.149. The Labute approximate surface area is 214 Å². The first-order valence-electron chi connectivity index (χ1n) is 12.7. The molecule has 2 aliphatic heterocycles. The number of ketones is 1. The number of aliphatic hydroxyl groups excluding tert-OH is 1. The Balaban J connectivity index is 1.82. The third-order valence-electron chi connectivity index (χ3n) is 7.83. The summed E-state index contributed by atoms with van der Waals surface area (Å²) in [4.78, 5) is 30.4. The number of epoxide rings is 1. The van der Waals surface area contributed by atoms with Crippen LogP contribution >= 0.6 is 11.6 Å². The highest BCUT2D eigenvalue weighted by atomic mass is 35.5. The van der Waals surface area contributed by atoms with Crippen molar-refractivity contribution in [1.29, 1.82) is 0 Å². The van der Waals surface area contributed by atoms with Crippen LogP contribution in [0.25, 0.3) is 6.08 Å². The molecule has 194 valence electrons. The van der Waals surface area contributed by atoms with E-state index in [0.29, 0.717) is 17.9 Å². The predicted molar refractivity (Wildman–Crippen MR) is 137 cm³/mol. The molecular formula is C28H40ClNO5. The van der Waals surface area contributed by atoms with Crippen molar-refractivity contribution >= 4 is 29.4 Å². The summed E-state index contributed by atoms with van der Waals surface area (Å²) in [5.41, 5.74) is 0.618. The van der Waals surface area contributed by atoms with Crippen LogP contribution in [-0.4, -0.2) is 45.8 Å². The van der Waals surface area contributed by atoms with E-state index in [4.69, 9.17) is 21.1 Å². The predicted octanol–water partition coefficient (Wildman–Crippen LogP) is 5.79. The van der Waals surface area contributed by atoms with Crippen molar-refractivity contribution < 1.29 is 24.2 Å². The maximum Gasteiger partial charge on any atom is 0.306 e. The summed E-state index contributed by atoms with van der Waals surface area (Å²) >= 11 is 5.96. The first-order valence-corrected chi connectivity index (χ1v) is 13.1. The molecule has 0 saturated carbocycles. The summed E-state index contributed by atoms with van der Waals surface area (Å²) < 4.78 is 12.0. The average molecular weight is 506 g/mol. The number of ether oxygens (including phenoxy) is 2. The number of aromatic nitrogens is 1. The molecule has 1 aromatic heterocycles. The van der Waals surface area contributed by atoms with Gasteiger partial charge in [0.2, 0.25) is 0 Å². The van der Waals surface area contributed by atoms with Gasteiger partial charge < -0.3 is 14.6 Å². The van der Waals surface area contributed by atoms with Gasteiger partial charge in [0.15, 0.2) is 0 Å². The first kappa shape index (κ1) is 27.8. The molecule has 2 saturated heterocycles. The molecule has 35 heavy (non-hydrogen) atoms. The van der Waals surface area contributed by atoms with E-state index in [1.54, 1.807) is 19.2 Å². The zero-order valence-electron chi connectivity index (χ0n) is 21.8. The van der Waals surface area contributed by atoms with Crippen LogP contribution in [-0.2, 0) is 19.1 Å². The van der Waals surface area contributed by atoms with Crippen LogP contribution < -0.4 is 0 Å². The van der Waals surface area contributed by atoms with Crippen LogP contribution in [0, 0.1) is 17.3 Å². The summed E-state index contributed by atoms with van der Waals surface area (Å²) in [6, 6.07) is 3.60. The number of carbonyl (C=O) groups excluding carboxylic acids is 2. The van der Waals surface area contributed by atoms with E-state index in [1.807, 2.05) is 39.8 Å². The van der Waals surface area contributed by atoms with Crippen molar-refractivity contribution in [1.82, 2.24) is 4.98 Å². The van der Waals surface area contributed by atoms with Crippen molar-refractivity contribution in [2.45, 2.75) is 104 Å². The smallest absolute Gasteiger partial charge is 0.306 e. The van der Waals surface area contributed by atoms with Gasteiger partial charge in [0.1, 0.15) is 11.9 Å². The van der Waals surface area contributed by atoms with Crippen molar-refractivity contribution in [2.24, 2.45) is 17.3 Å². The molecule has 0 spiro atoms. The Bertz CT molecular complexity index is 943. The molecule has 0 aromatic carbocycles. The van der Waals surface area contributed by atoms with Gasteiger partial charge in [-0.25, -0.2) is 0 Å². The minimum absolute atomic E-state index is 0.00750. The Morgan fingerprint density at radius 3 is 2.57 bits per heavy atom. The average Bonchev–Trinajstić information content (AvgIpc) is 3.45. The highest BCUT2D eigenvalue weighted by Crippen LogP contribution is 2.45. The van der Waals surface area contributed by atoms with E-state index >= 15 is 0 Å². The van der Waals surface area contributed by atoms with Gasteiger partial charge >= 0.3 is 5.97 Å². The molecule has 1 aromatic rings. The minimum atomic E-state index is -0.734. The monoisotopic (exact) mass is 505 g/mol. The fourth-order valence-electron chi connectivity index (χ4n) is 5.09. The molecule has 0 radical (unpaired) electrons. The standard InChI is InChI=1S/C28H40ClNO5/c1-17-8-7-12-28(6)23(35-28)15-22(18(2)14-21-10-9-20(29)16-30-21)34-24(31)11-13-27(4,5)26(33)19(3)25(17)32/h9-10,14,16-17,19,22-23,25,32H,7-8,11-13,15H2,1-6H3/b18-14+/t17-,19+,22-,23?,25-,28+/m0/s1. The number of esters is 1. The maximum atomic E-state index is 13.2. The number of carbonyl (C=O) groups is 2. The molecule has 1 N–H and O–H groups in total. The normalized spacial score (nSPS) is 35.2. The van der Waals surface area contributed by atoms with E-state index in [2.05, 4.69) is 11.9 Å². The number of hydrogen-bond donors (Lipinski definition) is 1. The van der Waals surface area contributed by atoms with Gasteiger partial charge in [-0.1, -0.05) is 45.7 Å². The molecule has 0 amide bonds. The van der Waals surface area contributed by atoms with E-state index in [9.17, 15) is 14.7 Å². The zero-order valence-corrected chi connectivity index (χ0v) is 22.6. The summed E-state index contributed by atoms with van der Waals surface area (Å²) in [6.45, 7) is 11.5. The van der Waals surface area contributed by atoms with Crippen molar-refractivity contribution in [2.75, 3.05) is 0 Å². The molecule has 1 unspecified atom stereocenters. The number of halogens is 1. The van der Waals surface area contributed by atoms with E-state index in [-0.39, 0.29) is 35.8 Å². The van der Waals surface area contributed by atoms with Gasteiger partial charge in [0, 0.05) is 30.4 Å². The van der Waals surface area contributed by atoms with Crippen molar-refractivity contribution in [3.05, 3.63) is 34.6 Å². The van der Waals surface area contributed by atoms with Gasteiger partial charge in [-0.15, -0.1) is 0 Å². The number of rotatable bonds is 2. The maximum absolute atomic E-state index is 13.2. The van der Waals surface area contributed by atoms with Gasteiger partial charge in [-0.2, -0.15) is 0 Å². The summed E-state index contributed by atoms with van der Waals surface area (Å²) in [5.74, 6) is -0.845. The number of Topliss-reactive ketones (excluding diaryl/α,β-unsaturated/α-hetero) is 1. The van der Waals surface area contributed by atoms with Crippen LogP contribution in [0.3, 0.4) is 0 Å². The molecular weight excluding hydrogens is 466 g/mol. The molecule has 3 heterocycles. The second-order valence-corrected chi connectivity index (χ2v) is 11.8. The molecule has 2 fully saturated rings. The third kappa shape index (κ3) is 7.14. The number of nitrogens with zero attached hydrogens (tertiary/aromatic N) is 1. The lowest BCUT2D eigenvalue weighted by Crippen LogP contribution is -2.39. The number of hydrogen-bond acceptors (Lipinski definition) is 6. The van der Waals surface area contributed by atoms with Crippen LogP contribution in [0.1, 0.15) is 85.8 Å². The Hall–Kier alpha value is -1.76. The van der Waals surface area contributed by atoms with Gasteiger partial charge in [-0.3, -0.25) is 14.6 Å². The van der Waals surface area contributed by atoms with Crippen molar-refractivity contribution in [3.63, 3.8) is 0 Å². The van der Waals surface area contributed by atoms with Crippen LogP contribution in [0.4, 0.5) is 0 Å². The Morgan fingerprint density at radius 1 is 1.20 bits per heavy atom. The quantitative estimate of drug-likeness (QED) is 0.404. The van der Waals surface area contributed by atoms with Crippen LogP contribution in [0.5, 0.6) is 0 Å². The largest absolute Gasteiger partial charge is 0.458 e. The fourth-order valence-corrected chi connectivity index (χ4v) is 5.21. The van der Waals surface area contributed by atoms with Crippen LogP contribution in [0.15, 0.2) is 23.9 Å². The van der Waals surface area contributed by atoms with Crippen molar-refractivity contribution in [3.8, 4) is 0 Å². The lowest BCUT2D eigenvalue weighted by Gasteiger charge is -2.31. The third-order valence-corrected chi connectivity index (χ3v) is 8.06. The van der Waals surface area contributed by atoms with Crippen LogP contribution in [0.2, 0.25) is 5.02 Å². The van der Waals surface area contributed by atoms with Gasteiger partial charge in [-0.05, 0) is 62.8 Å². The molecule has 2 aliphatic rings. The number of fused-ring (bicyclic) bond motifs is 1. The lowest BCUT2D eigenvalue weighted by atomic mass is 9.74. The topological polar surface area (TPSA) is 89.0 Å². The van der Waals surface area contributed by atoms with E-state index < -0.39 is 23.5 Å². The SMILES string of the molecule is C/C(=C\c1ccc(Cl)cn1)[C@@H]1CC2O[C@]2(C)CCC[C@H](C)[C@H](O)[C@@H](C)C(=O)C(C)(C)CCC(=O)O1. The Morgan fingerprint density at radius 2 is 1.91 bits per heavy atom. The molecule has 0 bridgehead atoms.